The smallest absolute Gasteiger partial charge is 0.243 e. The number of benzene rings is 2. The zero-order valence-electron chi connectivity index (χ0n) is 13.6. The molecular weight excluding hydrogens is 302 g/mol. The van der Waals surface area contributed by atoms with Crippen molar-refractivity contribution in [2.75, 3.05) is 0 Å². The van der Waals surface area contributed by atoms with Gasteiger partial charge in [0, 0.05) is 6.42 Å². The average Bonchev–Trinajstić information content (AvgIpc) is 2.64. The summed E-state index contributed by atoms with van der Waals surface area (Å²) in [6.07, 6.45) is 5.79. The summed E-state index contributed by atoms with van der Waals surface area (Å²) in [5.41, 5.74) is 4.71. The molecule has 3 N–H and O–H groups in total. The van der Waals surface area contributed by atoms with Crippen molar-refractivity contribution in [2.24, 2.45) is 0 Å². The fourth-order valence-corrected chi connectivity index (χ4v) is 2.43. The van der Waals surface area contributed by atoms with Gasteiger partial charge in [-0.15, -0.1) is 0 Å². The zero-order chi connectivity index (χ0) is 17.2. The highest BCUT2D eigenvalue weighted by atomic mass is 16.5. The van der Waals surface area contributed by atoms with Gasteiger partial charge < -0.3 is 5.11 Å². The Balaban J connectivity index is 1.82. The molecule has 0 fully saturated rings. The van der Waals surface area contributed by atoms with Crippen LogP contribution in [0.2, 0.25) is 0 Å². The van der Waals surface area contributed by atoms with Crippen molar-refractivity contribution < 1.29 is 15.1 Å². The minimum Gasteiger partial charge on any atom is -0.388 e. The molecule has 0 aliphatic carbocycles. The van der Waals surface area contributed by atoms with Crippen molar-refractivity contribution in [1.82, 2.24) is 5.48 Å². The third-order valence-corrected chi connectivity index (χ3v) is 3.85. The third kappa shape index (κ3) is 5.99. The van der Waals surface area contributed by atoms with Crippen LogP contribution in [0.1, 0.15) is 48.5 Å². The summed E-state index contributed by atoms with van der Waals surface area (Å²) < 4.78 is 0. The second-order valence-electron chi connectivity index (χ2n) is 5.71. The Morgan fingerprint density at radius 2 is 1.58 bits per heavy atom. The van der Waals surface area contributed by atoms with E-state index in [1.807, 2.05) is 60.7 Å². The van der Waals surface area contributed by atoms with E-state index in [4.69, 9.17) is 5.21 Å². The van der Waals surface area contributed by atoms with Crippen LogP contribution in [-0.4, -0.2) is 16.2 Å². The number of aliphatic hydroxyl groups is 1. The topological polar surface area (TPSA) is 69.6 Å². The lowest BCUT2D eigenvalue weighted by molar-refractivity contribution is -0.129. The van der Waals surface area contributed by atoms with E-state index in [1.54, 1.807) is 5.48 Å². The summed E-state index contributed by atoms with van der Waals surface area (Å²) in [6, 6.07) is 17.9. The molecule has 0 saturated heterocycles. The van der Waals surface area contributed by atoms with Gasteiger partial charge in [0.05, 0.1) is 6.10 Å². The van der Waals surface area contributed by atoms with Crippen LogP contribution < -0.4 is 5.48 Å². The van der Waals surface area contributed by atoms with Gasteiger partial charge in [0.15, 0.2) is 0 Å². The second kappa shape index (κ2) is 9.65. The van der Waals surface area contributed by atoms with Crippen molar-refractivity contribution in [3.8, 4) is 0 Å². The summed E-state index contributed by atoms with van der Waals surface area (Å²) in [5.74, 6) is -0.390. The number of rotatable bonds is 8. The van der Waals surface area contributed by atoms with Crippen molar-refractivity contribution in [2.45, 2.75) is 31.8 Å². The van der Waals surface area contributed by atoms with Crippen LogP contribution in [0.15, 0.2) is 54.6 Å². The molecule has 0 aliphatic heterocycles. The van der Waals surface area contributed by atoms with Crippen molar-refractivity contribution in [3.05, 3.63) is 71.3 Å². The summed E-state index contributed by atoms with van der Waals surface area (Å²) in [7, 11) is 0. The summed E-state index contributed by atoms with van der Waals surface area (Å²) in [4.78, 5) is 10.9. The van der Waals surface area contributed by atoms with E-state index in [2.05, 4.69) is 6.08 Å². The predicted molar refractivity (Wildman–Crippen MR) is 95.2 cm³/mol. The molecule has 4 nitrogen and oxygen atoms in total. The molecule has 0 unspecified atom stereocenters. The number of carbonyl (C=O) groups excluding carboxylic acids is 1. The number of hydrogen-bond donors (Lipinski definition) is 3. The Morgan fingerprint density at radius 1 is 0.958 bits per heavy atom. The summed E-state index contributed by atoms with van der Waals surface area (Å²) in [5, 5.41) is 18.6. The Hall–Kier alpha value is -2.43. The molecule has 0 heterocycles. The van der Waals surface area contributed by atoms with Gasteiger partial charge in [0.2, 0.25) is 5.91 Å². The number of nitrogens with one attached hydrogen (secondary N) is 1. The first kappa shape index (κ1) is 17.9. The van der Waals surface area contributed by atoms with E-state index in [0.717, 1.165) is 23.1 Å². The number of aliphatic hydroxyl groups excluding tert-OH is 1. The number of hydrogen-bond acceptors (Lipinski definition) is 3. The largest absolute Gasteiger partial charge is 0.388 e. The lowest BCUT2D eigenvalue weighted by Gasteiger charge is -2.11. The molecule has 2 aromatic rings. The van der Waals surface area contributed by atoms with Crippen LogP contribution in [0.3, 0.4) is 0 Å². The average molecular weight is 325 g/mol. The van der Waals surface area contributed by atoms with E-state index in [-0.39, 0.29) is 12.3 Å². The second-order valence-corrected chi connectivity index (χ2v) is 5.71. The fourth-order valence-electron chi connectivity index (χ4n) is 2.43. The van der Waals surface area contributed by atoms with Gasteiger partial charge in [0.1, 0.15) is 0 Å². The van der Waals surface area contributed by atoms with E-state index < -0.39 is 6.10 Å². The Morgan fingerprint density at radius 3 is 2.21 bits per heavy atom. The lowest BCUT2D eigenvalue weighted by atomic mass is 10.0. The maximum Gasteiger partial charge on any atom is 0.243 e. The molecule has 0 bridgehead atoms. The molecule has 24 heavy (non-hydrogen) atoms. The van der Waals surface area contributed by atoms with E-state index in [0.29, 0.717) is 12.8 Å². The third-order valence-electron chi connectivity index (χ3n) is 3.85. The van der Waals surface area contributed by atoms with Crippen LogP contribution in [0, 0.1) is 0 Å². The molecule has 1 amide bonds. The standard InChI is InChI=1S/C20H23NO3/c22-19(8-4-5-9-20(23)21-24)18-14-12-17(13-15-18)11-10-16-6-2-1-3-7-16/h1-3,6-7,10-15,19,22,24H,4-5,8-9H2,(H,21,23)/b11-10+/t19-/m1/s1. The van der Waals surface area contributed by atoms with Crippen LogP contribution in [0.25, 0.3) is 12.2 Å². The first-order chi connectivity index (χ1) is 11.7. The molecule has 0 aliphatic rings. The van der Waals surface area contributed by atoms with Crippen molar-refractivity contribution in [1.29, 1.82) is 0 Å². The zero-order valence-corrected chi connectivity index (χ0v) is 13.6. The van der Waals surface area contributed by atoms with Crippen molar-refractivity contribution >= 4 is 18.1 Å². The molecule has 0 spiro atoms. The van der Waals surface area contributed by atoms with E-state index in [1.165, 1.54) is 0 Å². The highest BCUT2D eigenvalue weighted by molar-refractivity contribution is 5.74. The Kier molecular flexibility index (Phi) is 7.21. The van der Waals surface area contributed by atoms with Gasteiger partial charge in [-0.05, 0) is 29.5 Å². The Labute approximate surface area is 142 Å². The number of carbonyl (C=O) groups is 1. The summed E-state index contributed by atoms with van der Waals surface area (Å²) in [6.45, 7) is 0. The van der Waals surface area contributed by atoms with E-state index >= 15 is 0 Å². The van der Waals surface area contributed by atoms with Crippen LogP contribution in [0.4, 0.5) is 0 Å². The molecule has 0 saturated carbocycles. The predicted octanol–water partition coefficient (Wildman–Crippen LogP) is 3.96. The van der Waals surface area contributed by atoms with Crippen molar-refractivity contribution in [3.63, 3.8) is 0 Å². The quantitative estimate of drug-likeness (QED) is 0.298. The van der Waals surface area contributed by atoms with Gasteiger partial charge in [-0.2, -0.15) is 0 Å². The van der Waals surface area contributed by atoms with Gasteiger partial charge in [-0.25, -0.2) is 5.48 Å². The maximum absolute atomic E-state index is 10.9. The molecule has 2 rings (SSSR count). The highest BCUT2D eigenvalue weighted by Gasteiger charge is 2.07. The van der Waals surface area contributed by atoms with Gasteiger partial charge in [0.25, 0.3) is 0 Å². The first-order valence-electron chi connectivity index (χ1n) is 8.13. The van der Waals surface area contributed by atoms with Crippen LogP contribution in [0.5, 0.6) is 0 Å². The number of hydroxylamine groups is 1. The minimum atomic E-state index is -0.533. The number of unbranched alkanes of at least 4 members (excludes halogenated alkanes) is 1. The lowest BCUT2D eigenvalue weighted by Crippen LogP contribution is -2.17. The molecule has 2 aromatic carbocycles. The van der Waals surface area contributed by atoms with Gasteiger partial charge in [-0.1, -0.05) is 73.2 Å². The molecule has 1 atom stereocenters. The highest BCUT2D eigenvalue weighted by Crippen LogP contribution is 2.20. The summed E-state index contributed by atoms with van der Waals surface area (Å²) >= 11 is 0. The molecule has 0 aromatic heterocycles. The molecular formula is C20H23NO3. The van der Waals surface area contributed by atoms with Gasteiger partial charge in [-0.3, -0.25) is 10.0 Å². The fraction of sp³-hybridized carbons (Fsp3) is 0.250. The molecule has 0 radical (unpaired) electrons. The normalized spacial score (nSPS) is 12.2. The van der Waals surface area contributed by atoms with Crippen LogP contribution >= 0.6 is 0 Å². The maximum atomic E-state index is 10.9. The number of amides is 1. The Bertz CT molecular complexity index is 650. The van der Waals surface area contributed by atoms with Gasteiger partial charge >= 0.3 is 0 Å². The van der Waals surface area contributed by atoms with E-state index in [9.17, 15) is 9.90 Å². The van der Waals surface area contributed by atoms with Crippen LogP contribution in [-0.2, 0) is 4.79 Å². The monoisotopic (exact) mass is 325 g/mol. The first-order valence-corrected chi connectivity index (χ1v) is 8.13. The minimum absolute atomic E-state index is 0.270. The molecule has 126 valence electrons. The SMILES string of the molecule is O=C(CCCC[C@@H](O)c1ccc(/C=C/c2ccccc2)cc1)NO. The molecule has 4 heteroatoms.